The topological polar surface area (TPSA) is 124 Å². The Balaban J connectivity index is 0.000000200. The molecule has 1 fully saturated rings. The fourth-order valence-corrected chi connectivity index (χ4v) is 11.9. The highest BCUT2D eigenvalue weighted by molar-refractivity contribution is 9.10. The SMILES string of the molecule is CCOC(=O)N1CCN(c2cccc3c2C[C@H](CN(C)[C@H]2CCCc4cccnc42)N(C(=O)OC(C)(C)C)C3)CC1.CN(CC1Cc2c(Br)cccc2CN1C(=O)OC(C)(C)C)[C@H]1CCCc2cccnc21. The zero-order valence-corrected chi connectivity index (χ0v) is 45.7. The third kappa shape index (κ3) is 12.7. The van der Waals surface area contributed by atoms with E-state index in [1.807, 2.05) is 88.9 Å². The van der Waals surface area contributed by atoms with Crippen molar-refractivity contribution in [2.45, 2.75) is 148 Å². The van der Waals surface area contributed by atoms with Crippen molar-refractivity contribution in [1.29, 1.82) is 0 Å². The van der Waals surface area contributed by atoms with Crippen LogP contribution in [0.4, 0.5) is 20.1 Å². The maximum Gasteiger partial charge on any atom is 0.410 e. The lowest BCUT2D eigenvalue weighted by Crippen LogP contribution is -2.52. The zero-order valence-electron chi connectivity index (χ0n) is 44.2. The van der Waals surface area contributed by atoms with Crippen LogP contribution in [0.3, 0.4) is 0 Å². The van der Waals surface area contributed by atoms with Gasteiger partial charge in [-0.05, 0) is 172 Å². The van der Waals surface area contributed by atoms with Crippen LogP contribution in [0.15, 0.2) is 77.5 Å². The number of carbonyl (C=O) groups is 3. The van der Waals surface area contributed by atoms with Gasteiger partial charge in [-0.2, -0.15) is 0 Å². The quantitative estimate of drug-likeness (QED) is 0.157. The van der Waals surface area contributed by atoms with Crippen molar-refractivity contribution in [3.8, 4) is 0 Å². The first-order chi connectivity index (χ1) is 34.4. The molecule has 0 bridgehead atoms. The number of aryl methyl sites for hydroxylation is 2. The number of likely N-dealkylation sites (N-methyl/N-ethyl adjacent to an activating group) is 2. The van der Waals surface area contributed by atoms with E-state index in [9.17, 15) is 14.4 Å². The molecule has 5 aliphatic rings. The van der Waals surface area contributed by atoms with Gasteiger partial charge < -0.3 is 24.0 Å². The number of ether oxygens (including phenoxy) is 3. The predicted octanol–water partition coefficient (Wildman–Crippen LogP) is 10.5. The van der Waals surface area contributed by atoms with E-state index in [0.29, 0.717) is 32.8 Å². The van der Waals surface area contributed by atoms with E-state index in [0.717, 1.165) is 81.2 Å². The zero-order chi connectivity index (χ0) is 51.3. The summed E-state index contributed by atoms with van der Waals surface area (Å²) in [7, 11) is 4.33. The molecule has 2 aromatic carbocycles. The largest absolute Gasteiger partial charge is 0.450 e. The van der Waals surface area contributed by atoms with Crippen molar-refractivity contribution >= 4 is 39.9 Å². The maximum atomic E-state index is 13.5. The molecule has 2 aliphatic carbocycles. The first-order valence-corrected chi connectivity index (χ1v) is 27.0. The molecule has 15 heteroatoms. The average molecular weight is 1050 g/mol. The summed E-state index contributed by atoms with van der Waals surface area (Å²) in [5, 5.41) is 0. The number of rotatable bonds is 8. The highest BCUT2D eigenvalue weighted by atomic mass is 79.9. The van der Waals surface area contributed by atoms with E-state index in [1.165, 1.54) is 51.3 Å². The van der Waals surface area contributed by atoms with Gasteiger partial charge in [0.05, 0.1) is 42.2 Å². The van der Waals surface area contributed by atoms with Gasteiger partial charge in [0.2, 0.25) is 0 Å². The predicted molar refractivity (Wildman–Crippen MR) is 285 cm³/mol. The van der Waals surface area contributed by atoms with E-state index in [-0.39, 0.29) is 42.4 Å². The van der Waals surface area contributed by atoms with Crippen molar-refractivity contribution in [3.05, 3.63) is 122 Å². The molecule has 14 nitrogen and oxygen atoms in total. The highest BCUT2D eigenvalue weighted by Crippen LogP contribution is 2.38. The summed E-state index contributed by atoms with van der Waals surface area (Å²) in [5.41, 5.74) is 10.1. The summed E-state index contributed by atoms with van der Waals surface area (Å²) in [4.78, 5) is 61.2. The van der Waals surface area contributed by atoms with Crippen LogP contribution in [0.5, 0.6) is 0 Å². The van der Waals surface area contributed by atoms with Crippen molar-refractivity contribution < 1.29 is 28.6 Å². The lowest BCUT2D eigenvalue weighted by Gasteiger charge is -2.43. The molecule has 72 heavy (non-hydrogen) atoms. The third-order valence-corrected chi connectivity index (χ3v) is 15.4. The number of piperazine rings is 1. The molecule has 3 aliphatic heterocycles. The Bertz CT molecular complexity index is 2540. The first kappa shape index (κ1) is 53.1. The van der Waals surface area contributed by atoms with Crippen LogP contribution in [0, 0.1) is 0 Å². The van der Waals surface area contributed by atoms with Gasteiger partial charge in [0.25, 0.3) is 0 Å². The molecule has 2 aromatic heterocycles. The monoisotopic (exact) mass is 1050 g/mol. The van der Waals surface area contributed by atoms with Crippen LogP contribution in [0.2, 0.25) is 0 Å². The van der Waals surface area contributed by atoms with Gasteiger partial charge in [0, 0.05) is 74.9 Å². The second-order valence-electron chi connectivity index (χ2n) is 22.2. The standard InChI is InChI=1S/C32H45N5O4.C25H32BrN3O2/c1-6-40-30(38)36-18-16-35(17-19-36)27-13-8-11-24-21-37(31(39)41-32(2,3)4)25(20-26(24)27)22-34(5)28-14-7-10-23-12-9-15-33-29(23)28;1-25(2,3)31-24(30)29-15-18-9-5-11-21(26)20(18)14-19(29)16-28(4)22-12-6-8-17-10-7-13-27-23(17)22/h8-9,11-13,15,25,28H,6-7,10,14,16-22H2,1-5H3;5,7,9-11,13,19,22H,6,8,12,14-16H2,1-4H3/t25-,28+;19?,22-/m10/s1. The van der Waals surface area contributed by atoms with Gasteiger partial charge in [-0.3, -0.25) is 29.6 Å². The second kappa shape index (κ2) is 22.9. The number of carbonyl (C=O) groups excluding carboxylic acids is 3. The molecule has 9 rings (SSSR count). The summed E-state index contributed by atoms with van der Waals surface area (Å²) in [6, 6.07) is 21.6. The highest BCUT2D eigenvalue weighted by Gasteiger charge is 2.39. The summed E-state index contributed by atoms with van der Waals surface area (Å²) in [5.74, 6) is 0. The molecule has 388 valence electrons. The Morgan fingerprint density at radius 2 is 1.11 bits per heavy atom. The fraction of sp³-hybridized carbons (Fsp3) is 0.561. The van der Waals surface area contributed by atoms with E-state index in [1.54, 1.807) is 4.90 Å². The van der Waals surface area contributed by atoms with Crippen LogP contribution >= 0.6 is 15.9 Å². The van der Waals surface area contributed by atoms with E-state index < -0.39 is 11.2 Å². The van der Waals surface area contributed by atoms with E-state index in [4.69, 9.17) is 24.2 Å². The van der Waals surface area contributed by atoms with Crippen molar-refractivity contribution in [2.75, 3.05) is 64.9 Å². The minimum Gasteiger partial charge on any atom is -0.450 e. The molecular formula is C57H77BrN8O6. The van der Waals surface area contributed by atoms with Crippen LogP contribution in [-0.2, 0) is 53.0 Å². The first-order valence-electron chi connectivity index (χ1n) is 26.2. The lowest BCUT2D eigenvalue weighted by molar-refractivity contribution is 0.00545. The number of halogens is 1. The lowest BCUT2D eigenvalue weighted by atomic mass is 9.89. The number of anilines is 1. The number of benzene rings is 2. The number of amides is 3. The number of pyridine rings is 2. The molecule has 3 amide bonds. The molecular weight excluding hydrogens is 973 g/mol. The molecule has 1 unspecified atom stereocenters. The van der Waals surface area contributed by atoms with Crippen LogP contribution in [-0.4, -0.2) is 136 Å². The normalized spacial score (nSPS) is 20.9. The maximum absolute atomic E-state index is 13.5. The van der Waals surface area contributed by atoms with Crippen LogP contribution < -0.4 is 4.90 Å². The minimum atomic E-state index is -0.569. The number of hydrogen-bond acceptors (Lipinski definition) is 11. The summed E-state index contributed by atoms with van der Waals surface area (Å²) < 4.78 is 18.0. The summed E-state index contributed by atoms with van der Waals surface area (Å²) >= 11 is 3.72. The van der Waals surface area contributed by atoms with E-state index >= 15 is 0 Å². The number of hydrogen-bond donors (Lipinski definition) is 0. The molecule has 0 saturated carbocycles. The fourth-order valence-electron chi connectivity index (χ4n) is 11.3. The number of fused-ring (bicyclic) bond motifs is 4. The average Bonchev–Trinajstić information content (AvgIpc) is 3.35. The number of aromatic nitrogens is 2. The van der Waals surface area contributed by atoms with Gasteiger partial charge in [-0.15, -0.1) is 0 Å². The Morgan fingerprint density at radius 1 is 0.639 bits per heavy atom. The minimum absolute atomic E-state index is 0.0418. The Hall–Kier alpha value is -5.25. The molecule has 1 saturated heterocycles. The molecule has 4 atom stereocenters. The summed E-state index contributed by atoms with van der Waals surface area (Å²) in [6.07, 6.45) is 11.2. The molecule has 0 radical (unpaired) electrons. The van der Waals surface area contributed by atoms with E-state index in [2.05, 4.69) is 87.2 Å². The molecule has 0 N–H and O–H groups in total. The van der Waals surface area contributed by atoms with Gasteiger partial charge >= 0.3 is 18.3 Å². The molecule has 5 heterocycles. The Labute approximate surface area is 436 Å². The molecule has 4 aromatic rings. The smallest absolute Gasteiger partial charge is 0.410 e. The Morgan fingerprint density at radius 3 is 1.61 bits per heavy atom. The second-order valence-corrected chi connectivity index (χ2v) is 23.0. The van der Waals surface area contributed by atoms with Gasteiger partial charge in [-0.1, -0.05) is 52.3 Å². The van der Waals surface area contributed by atoms with Crippen molar-refractivity contribution in [2.24, 2.45) is 0 Å². The van der Waals surface area contributed by atoms with Crippen molar-refractivity contribution in [1.82, 2.24) is 34.5 Å². The van der Waals surface area contributed by atoms with Crippen molar-refractivity contribution in [3.63, 3.8) is 0 Å². The third-order valence-electron chi connectivity index (χ3n) is 14.7. The van der Waals surface area contributed by atoms with Crippen LogP contribution in [0.1, 0.15) is 131 Å². The Kier molecular flexibility index (Phi) is 16.9. The molecule has 0 spiro atoms. The van der Waals surface area contributed by atoms with Gasteiger partial charge in [0.1, 0.15) is 11.2 Å². The van der Waals surface area contributed by atoms with Gasteiger partial charge in [0.15, 0.2) is 0 Å². The van der Waals surface area contributed by atoms with Gasteiger partial charge in [-0.25, -0.2) is 14.4 Å². The summed E-state index contributed by atoms with van der Waals surface area (Å²) in [6.45, 7) is 19.1. The van der Waals surface area contributed by atoms with Crippen LogP contribution in [0.25, 0.3) is 0 Å². The number of nitrogens with zero attached hydrogens (tertiary/aromatic N) is 8.